The van der Waals surface area contributed by atoms with Gasteiger partial charge in [-0.1, -0.05) is 11.6 Å². The van der Waals surface area contributed by atoms with Crippen LogP contribution >= 0.6 is 11.6 Å². The number of ketones is 1. The number of methoxy groups -OCH3 is 3. The summed E-state index contributed by atoms with van der Waals surface area (Å²) >= 11 is 6.28. The molecule has 2 N–H and O–H groups in total. The van der Waals surface area contributed by atoms with Crippen molar-refractivity contribution in [3.8, 4) is 23.0 Å². The van der Waals surface area contributed by atoms with Crippen LogP contribution in [-0.4, -0.2) is 33.7 Å². The van der Waals surface area contributed by atoms with Crippen molar-refractivity contribution in [1.29, 1.82) is 0 Å². The third-order valence-corrected chi connectivity index (χ3v) is 4.07. The van der Waals surface area contributed by atoms with Gasteiger partial charge in [-0.3, -0.25) is 4.79 Å². The maximum Gasteiger partial charge on any atom is 0.204 e. The zero-order valence-corrected chi connectivity index (χ0v) is 16.4. The summed E-state index contributed by atoms with van der Waals surface area (Å²) in [5.74, 6) is 1.59. The molecular formula is C20H22ClNO5. The number of ether oxygens (including phenoxy) is 4. The molecule has 0 atom stereocenters. The first-order valence-electron chi connectivity index (χ1n) is 8.19. The summed E-state index contributed by atoms with van der Waals surface area (Å²) in [6.07, 6.45) is 1.50. The Morgan fingerprint density at radius 1 is 1.07 bits per heavy atom. The molecule has 0 amide bonds. The molecule has 0 heterocycles. The Bertz CT molecular complexity index is 864. The highest BCUT2D eigenvalue weighted by molar-refractivity contribution is 6.47. The second-order valence-corrected chi connectivity index (χ2v) is 5.87. The number of anilines is 1. The fourth-order valence-corrected chi connectivity index (χ4v) is 2.74. The van der Waals surface area contributed by atoms with Gasteiger partial charge in [0.1, 0.15) is 11.5 Å². The first-order chi connectivity index (χ1) is 12.9. The first-order valence-corrected chi connectivity index (χ1v) is 8.57. The largest absolute Gasteiger partial charge is 0.497 e. The smallest absolute Gasteiger partial charge is 0.204 e. The summed E-state index contributed by atoms with van der Waals surface area (Å²) in [7, 11) is 4.55. The molecule has 6 nitrogen and oxygen atoms in total. The molecule has 0 spiro atoms. The molecular weight excluding hydrogens is 370 g/mol. The van der Waals surface area contributed by atoms with E-state index in [1.54, 1.807) is 24.3 Å². The van der Waals surface area contributed by atoms with E-state index >= 15 is 0 Å². The molecule has 0 saturated carbocycles. The summed E-state index contributed by atoms with van der Waals surface area (Å²) < 4.78 is 21.3. The highest BCUT2D eigenvalue weighted by Gasteiger charge is 2.16. The first kappa shape index (κ1) is 20.5. The van der Waals surface area contributed by atoms with Gasteiger partial charge in [-0.25, -0.2) is 0 Å². The van der Waals surface area contributed by atoms with E-state index in [4.69, 9.17) is 36.3 Å². The monoisotopic (exact) mass is 391 g/mol. The maximum atomic E-state index is 12.7. The minimum atomic E-state index is -0.379. The van der Waals surface area contributed by atoms with Gasteiger partial charge in [0.25, 0.3) is 0 Å². The van der Waals surface area contributed by atoms with Gasteiger partial charge >= 0.3 is 0 Å². The number of rotatable bonds is 8. The average Bonchev–Trinajstić information content (AvgIpc) is 2.68. The minimum Gasteiger partial charge on any atom is -0.497 e. The molecule has 0 aliphatic heterocycles. The lowest BCUT2D eigenvalue weighted by atomic mass is 10.1. The van der Waals surface area contributed by atoms with Crippen molar-refractivity contribution in [2.75, 3.05) is 33.7 Å². The zero-order chi connectivity index (χ0) is 20.0. The van der Waals surface area contributed by atoms with Gasteiger partial charge in [0.05, 0.1) is 38.7 Å². The van der Waals surface area contributed by atoms with E-state index in [0.29, 0.717) is 46.4 Å². The standard InChI is InChI=1S/C20H22ClNO5/c1-5-27-17-7-6-12(10-16(17)22)19(23)15(21)9-13-8-14(24-2)11-18(25-3)20(13)26-4/h6-11H,5,22H2,1-4H3/b15-9+. The summed E-state index contributed by atoms with van der Waals surface area (Å²) in [6.45, 7) is 2.34. The SMILES string of the molecule is CCOc1ccc(C(=O)/C(Cl)=C\c2cc(OC)cc(OC)c2OC)cc1N. The number of benzene rings is 2. The van der Waals surface area contributed by atoms with Crippen LogP contribution in [0.4, 0.5) is 5.69 Å². The van der Waals surface area contributed by atoms with Crippen LogP contribution in [0, 0.1) is 0 Å². The number of halogens is 1. The van der Waals surface area contributed by atoms with Gasteiger partial charge in [0.2, 0.25) is 5.78 Å². The van der Waals surface area contributed by atoms with Crippen LogP contribution in [0.1, 0.15) is 22.8 Å². The van der Waals surface area contributed by atoms with Crippen LogP contribution in [0.3, 0.4) is 0 Å². The van der Waals surface area contributed by atoms with Crippen LogP contribution in [0.15, 0.2) is 35.4 Å². The lowest BCUT2D eigenvalue weighted by Gasteiger charge is -2.13. The predicted octanol–water partition coefficient (Wildman–Crippen LogP) is 4.16. The van der Waals surface area contributed by atoms with Gasteiger partial charge in [0, 0.05) is 17.2 Å². The molecule has 2 aromatic carbocycles. The predicted molar refractivity (Wildman–Crippen MR) is 106 cm³/mol. The number of nitrogens with two attached hydrogens (primary N) is 1. The number of hydrogen-bond acceptors (Lipinski definition) is 6. The maximum absolute atomic E-state index is 12.7. The molecule has 0 radical (unpaired) electrons. The number of Topliss-reactive ketones (excluding diaryl/α,β-unsaturated/α-hetero) is 1. The van der Waals surface area contributed by atoms with Gasteiger partial charge in [-0.15, -0.1) is 0 Å². The molecule has 27 heavy (non-hydrogen) atoms. The van der Waals surface area contributed by atoms with Crippen molar-refractivity contribution in [1.82, 2.24) is 0 Å². The highest BCUT2D eigenvalue weighted by atomic mass is 35.5. The number of allylic oxidation sites excluding steroid dienone is 1. The highest BCUT2D eigenvalue weighted by Crippen LogP contribution is 2.37. The molecule has 0 aliphatic rings. The van der Waals surface area contributed by atoms with E-state index in [1.807, 2.05) is 6.92 Å². The topological polar surface area (TPSA) is 80.0 Å². The van der Waals surface area contributed by atoms with Gasteiger partial charge in [-0.2, -0.15) is 0 Å². The molecule has 144 valence electrons. The Kier molecular flexibility index (Phi) is 6.96. The Labute approximate surface area is 163 Å². The van der Waals surface area contributed by atoms with Crippen molar-refractivity contribution in [3.63, 3.8) is 0 Å². The van der Waals surface area contributed by atoms with Crippen molar-refractivity contribution in [2.45, 2.75) is 6.92 Å². The Hall–Kier alpha value is -2.86. The third kappa shape index (κ3) is 4.65. The van der Waals surface area contributed by atoms with E-state index in [2.05, 4.69) is 0 Å². The van der Waals surface area contributed by atoms with Crippen LogP contribution in [0.5, 0.6) is 23.0 Å². The average molecular weight is 392 g/mol. The summed E-state index contributed by atoms with van der Waals surface area (Å²) in [5, 5.41) is -0.00725. The molecule has 0 unspecified atom stereocenters. The van der Waals surface area contributed by atoms with Crippen LogP contribution in [-0.2, 0) is 0 Å². The quantitative estimate of drug-likeness (QED) is 0.413. The van der Waals surface area contributed by atoms with Crippen molar-refractivity contribution in [3.05, 3.63) is 46.5 Å². The molecule has 0 fully saturated rings. The van der Waals surface area contributed by atoms with E-state index in [-0.39, 0.29) is 10.8 Å². The van der Waals surface area contributed by atoms with Crippen LogP contribution in [0.2, 0.25) is 0 Å². The number of carbonyl (C=O) groups is 1. The van der Waals surface area contributed by atoms with E-state index in [9.17, 15) is 4.79 Å². The summed E-state index contributed by atoms with van der Waals surface area (Å²) in [6, 6.07) is 8.17. The molecule has 0 aromatic heterocycles. The number of hydrogen-bond donors (Lipinski definition) is 1. The number of nitrogen functional groups attached to an aromatic ring is 1. The lowest BCUT2D eigenvalue weighted by Crippen LogP contribution is -2.03. The lowest BCUT2D eigenvalue weighted by molar-refractivity contribution is 0.104. The Morgan fingerprint density at radius 3 is 2.37 bits per heavy atom. The second-order valence-electron chi connectivity index (χ2n) is 5.46. The Morgan fingerprint density at radius 2 is 1.81 bits per heavy atom. The molecule has 0 bridgehead atoms. The normalized spacial score (nSPS) is 11.1. The van der Waals surface area contributed by atoms with E-state index in [1.165, 1.54) is 33.5 Å². The molecule has 0 aliphatic carbocycles. The fraction of sp³-hybridized carbons (Fsp3) is 0.250. The Balaban J connectivity index is 2.42. The zero-order valence-electron chi connectivity index (χ0n) is 15.7. The molecule has 0 saturated heterocycles. The van der Waals surface area contributed by atoms with Gasteiger partial charge < -0.3 is 24.7 Å². The van der Waals surface area contributed by atoms with Crippen molar-refractivity contribution >= 4 is 29.1 Å². The van der Waals surface area contributed by atoms with Gasteiger partial charge in [0.15, 0.2) is 11.5 Å². The molecule has 2 aromatic rings. The summed E-state index contributed by atoms with van der Waals surface area (Å²) in [4.78, 5) is 12.7. The van der Waals surface area contributed by atoms with Gasteiger partial charge in [-0.05, 0) is 37.3 Å². The van der Waals surface area contributed by atoms with E-state index < -0.39 is 0 Å². The fourth-order valence-electron chi connectivity index (χ4n) is 2.51. The molecule has 2 rings (SSSR count). The van der Waals surface area contributed by atoms with Crippen LogP contribution in [0.25, 0.3) is 6.08 Å². The summed E-state index contributed by atoms with van der Waals surface area (Å²) in [5.41, 5.74) is 7.19. The van der Waals surface area contributed by atoms with Crippen LogP contribution < -0.4 is 24.7 Å². The van der Waals surface area contributed by atoms with Crippen molar-refractivity contribution < 1.29 is 23.7 Å². The van der Waals surface area contributed by atoms with E-state index in [0.717, 1.165) is 0 Å². The third-order valence-electron chi connectivity index (χ3n) is 3.79. The molecule has 7 heteroatoms. The minimum absolute atomic E-state index is 0.00725. The van der Waals surface area contributed by atoms with Crippen molar-refractivity contribution in [2.24, 2.45) is 0 Å². The second kappa shape index (κ2) is 9.19. The number of carbonyl (C=O) groups excluding carboxylic acids is 1.